The van der Waals surface area contributed by atoms with Gasteiger partial charge in [-0.05, 0) is 0 Å². The largest absolute Gasteiger partial charge is 0.380 e. The summed E-state index contributed by atoms with van der Waals surface area (Å²) in [5.74, 6) is 0.412. The van der Waals surface area contributed by atoms with E-state index in [1.165, 1.54) is 0 Å². The second-order valence-corrected chi connectivity index (χ2v) is 3.80. The summed E-state index contributed by atoms with van der Waals surface area (Å²) in [6.45, 7) is 0. The number of nitrogens with zero attached hydrogens (tertiary/aromatic N) is 4. The SMILES string of the molecule is Cn1nc(N)c2ncc(-c3ccccc3)nc21. The van der Waals surface area contributed by atoms with Crippen LogP contribution in [0.4, 0.5) is 5.82 Å². The highest BCUT2D eigenvalue weighted by molar-refractivity contribution is 5.83. The van der Waals surface area contributed by atoms with E-state index < -0.39 is 0 Å². The molecule has 0 saturated heterocycles. The van der Waals surface area contributed by atoms with Gasteiger partial charge in [-0.15, -0.1) is 0 Å². The summed E-state index contributed by atoms with van der Waals surface area (Å²) in [6.07, 6.45) is 1.72. The van der Waals surface area contributed by atoms with Gasteiger partial charge in [0.25, 0.3) is 0 Å². The zero-order valence-electron chi connectivity index (χ0n) is 9.33. The molecule has 0 spiro atoms. The van der Waals surface area contributed by atoms with Gasteiger partial charge in [-0.3, -0.25) is 0 Å². The lowest BCUT2D eigenvalue weighted by Gasteiger charge is -2.00. The van der Waals surface area contributed by atoms with Gasteiger partial charge in [-0.25, -0.2) is 14.6 Å². The van der Waals surface area contributed by atoms with E-state index in [0.29, 0.717) is 17.0 Å². The Kier molecular flexibility index (Phi) is 2.04. The van der Waals surface area contributed by atoms with Crippen LogP contribution < -0.4 is 5.73 Å². The van der Waals surface area contributed by atoms with E-state index in [-0.39, 0.29) is 0 Å². The topological polar surface area (TPSA) is 69.6 Å². The zero-order chi connectivity index (χ0) is 11.8. The van der Waals surface area contributed by atoms with Crippen LogP contribution in [0.1, 0.15) is 0 Å². The monoisotopic (exact) mass is 225 g/mol. The summed E-state index contributed by atoms with van der Waals surface area (Å²) in [5, 5.41) is 4.09. The minimum atomic E-state index is 0.412. The molecule has 0 atom stereocenters. The molecule has 0 aliphatic heterocycles. The number of hydrogen-bond acceptors (Lipinski definition) is 4. The van der Waals surface area contributed by atoms with Crippen molar-refractivity contribution in [3.05, 3.63) is 36.5 Å². The molecule has 17 heavy (non-hydrogen) atoms. The minimum Gasteiger partial charge on any atom is -0.380 e. The van der Waals surface area contributed by atoms with Gasteiger partial charge in [0.2, 0.25) is 0 Å². The number of aromatic nitrogens is 4. The fourth-order valence-corrected chi connectivity index (χ4v) is 1.79. The highest BCUT2D eigenvalue weighted by Crippen LogP contribution is 2.20. The highest BCUT2D eigenvalue weighted by Gasteiger charge is 2.09. The van der Waals surface area contributed by atoms with E-state index >= 15 is 0 Å². The molecule has 0 saturated carbocycles. The molecule has 1 aromatic carbocycles. The predicted molar refractivity (Wildman–Crippen MR) is 66.2 cm³/mol. The average Bonchev–Trinajstić information content (AvgIpc) is 2.66. The molecule has 3 rings (SSSR count). The number of hydrogen-bond donors (Lipinski definition) is 1. The minimum absolute atomic E-state index is 0.412. The molecule has 3 aromatic rings. The Labute approximate surface area is 97.9 Å². The summed E-state index contributed by atoms with van der Waals surface area (Å²) in [5.41, 5.74) is 8.92. The van der Waals surface area contributed by atoms with E-state index in [1.807, 2.05) is 37.4 Å². The van der Waals surface area contributed by atoms with Gasteiger partial charge in [0, 0.05) is 12.6 Å². The van der Waals surface area contributed by atoms with Crippen molar-refractivity contribution in [2.75, 3.05) is 5.73 Å². The number of fused-ring (bicyclic) bond motifs is 1. The first-order valence-electron chi connectivity index (χ1n) is 5.26. The summed E-state index contributed by atoms with van der Waals surface area (Å²) in [7, 11) is 1.81. The lowest BCUT2D eigenvalue weighted by atomic mass is 10.2. The molecule has 0 aliphatic carbocycles. The number of nitrogen functional groups attached to an aromatic ring is 1. The van der Waals surface area contributed by atoms with Gasteiger partial charge >= 0.3 is 0 Å². The van der Waals surface area contributed by atoms with Crippen LogP contribution in [0.5, 0.6) is 0 Å². The maximum absolute atomic E-state index is 5.73. The molecule has 2 aromatic heterocycles. The molecular weight excluding hydrogens is 214 g/mol. The third-order valence-electron chi connectivity index (χ3n) is 2.63. The van der Waals surface area contributed by atoms with Crippen molar-refractivity contribution in [3.63, 3.8) is 0 Å². The Balaban J connectivity index is 2.24. The van der Waals surface area contributed by atoms with E-state index in [9.17, 15) is 0 Å². The normalized spacial score (nSPS) is 10.9. The smallest absolute Gasteiger partial charge is 0.179 e. The number of nitrogens with two attached hydrogens (primary N) is 1. The third-order valence-corrected chi connectivity index (χ3v) is 2.63. The number of benzene rings is 1. The summed E-state index contributed by atoms with van der Waals surface area (Å²) < 4.78 is 1.64. The Morgan fingerprint density at radius 1 is 1.18 bits per heavy atom. The standard InChI is InChI=1S/C12H11N5/c1-17-12-10(11(13)16-17)14-7-9(15-12)8-5-3-2-4-6-8/h2-7H,1H3,(H2,13,16). The van der Waals surface area contributed by atoms with Gasteiger partial charge < -0.3 is 5.73 Å². The van der Waals surface area contributed by atoms with Crippen LogP contribution in [0.15, 0.2) is 36.5 Å². The number of aryl methyl sites for hydroxylation is 1. The van der Waals surface area contributed by atoms with Crippen molar-refractivity contribution >= 4 is 17.0 Å². The van der Waals surface area contributed by atoms with Crippen molar-refractivity contribution < 1.29 is 0 Å². The van der Waals surface area contributed by atoms with Crippen LogP contribution >= 0.6 is 0 Å². The fourth-order valence-electron chi connectivity index (χ4n) is 1.79. The van der Waals surface area contributed by atoms with Crippen molar-refractivity contribution in [3.8, 4) is 11.3 Å². The highest BCUT2D eigenvalue weighted by atomic mass is 15.3. The maximum atomic E-state index is 5.73. The molecule has 0 fully saturated rings. The number of rotatable bonds is 1. The molecule has 5 nitrogen and oxygen atoms in total. The van der Waals surface area contributed by atoms with Crippen LogP contribution in [0.25, 0.3) is 22.4 Å². The van der Waals surface area contributed by atoms with Crippen molar-refractivity contribution in [2.45, 2.75) is 0 Å². The van der Waals surface area contributed by atoms with E-state index in [2.05, 4.69) is 15.1 Å². The third kappa shape index (κ3) is 1.52. The van der Waals surface area contributed by atoms with Crippen molar-refractivity contribution in [1.29, 1.82) is 0 Å². The first kappa shape index (κ1) is 9.77. The molecule has 2 N–H and O–H groups in total. The Morgan fingerprint density at radius 2 is 1.94 bits per heavy atom. The molecule has 84 valence electrons. The van der Waals surface area contributed by atoms with Gasteiger partial charge in [0.15, 0.2) is 17.0 Å². The van der Waals surface area contributed by atoms with Crippen LogP contribution in [-0.4, -0.2) is 19.7 Å². The Hall–Kier alpha value is -2.43. The van der Waals surface area contributed by atoms with Crippen molar-refractivity contribution in [2.24, 2.45) is 7.05 Å². The molecule has 5 heteroatoms. The Morgan fingerprint density at radius 3 is 2.71 bits per heavy atom. The second-order valence-electron chi connectivity index (χ2n) is 3.80. The summed E-state index contributed by atoms with van der Waals surface area (Å²) in [4.78, 5) is 8.83. The van der Waals surface area contributed by atoms with Gasteiger partial charge in [0.1, 0.15) is 0 Å². The van der Waals surface area contributed by atoms with Crippen LogP contribution in [-0.2, 0) is 7.05 Å². The van der Waals surface area contributed by atoms with Crippen LogP contribution in [0.3, 0.4) is 0 Å². The molecule has 0 bridgehead atoms. The maximum Gasteiger partial charge on any atom is 0.179 e. The first-order valence-corrected chi connectivity index (χ1v) is 5.26. The van der Waals surface area contributed by atoms with E-state index in [4.69, 9.17) is 5.73 Å². The quantitative estimate of drug-likeness (QED) is 0.683. The van der Waals surface area contributed by atoms with Gasteiger partial charge in [-0.1, -0.05) is 30.3 Å². The second kappa shape index (κ2) is 3.55. The predicted octanol–water partition coefficient (Wildman–Crippen LogP) is 1.61. The molecule has 0 radical (unpaired) electrons. The number of anilines is 1. The summed E-state index contributed by atoms with van der Waals surface area (Å²) >= 11 is 0. The lowest BCUT2D eigenvalue weighted by molar-refractivity contribution is 0.791. The molecule has 0 aliphatic rings. The van der Waals surface area contributed by atoms with Crippen molar-refractivity contribution in [1.82, 2.24) is 19.7 Å². The first-order chi connectivity index (χ1) is 8.25. The van der Waals surface area contributed by atoms with E-state index in [1.54, 1.807) is 10.9 Å². The van der Waals surface area contributed by atoms with Gasteiger partial charge in [-0.2, -0.15) is 5.10 Å². The molecule has 2 heterocycles. The Bertz CT molecular complexity index is 672. The fraction of sp³-hybridized carbons (Fsp3) is 0.0833. The van der Waals surface area contributed by atoms with Crippen LogP contribution in [0.2, 0.25) is 0 Å². The van der Waals surface area contributed by atoms with Crippen LogP contribution in [0, 0.1) is 0 Å². The zero-order valence-corrected chi connectivity index (χ0v) is 9.33. The average molecular weight is 225 g/mol. The molecule has 0 amide bonds. The summed E-state index contributed by atoms with van der Waals surface area (Å²) in [6, 6.07) is 9.90. The molecule has 0 unspecified atom stereocenters. The van der Waals surface area contributed by atoms with E-state index in [0.717, 1.165) is 11.3 Å². The lowest BCUT2D eigenvalue weighted by Crippen LogP contribution is -1.94. The van der Waals surface area contributed by atoms with Gasteiger partial charge in [0.05, 0.1) is 11.9 Å². The molecular formula is C12H11N5.